The second-order valence-corrected chi connectivity index (χ2v) is 5.47. The second kappa shape index (κ2) is 8.61. The van der Waals surface area contributed by atoms with Gasteiger partial charge in [0.2, 0.25) is 5.75 Å². The number of nitrogens with zero attached hydrogens (tertiary/aromatic N) is 2. The number of benzene rings is 2. The number of ether oxygens (including phenoxy) is 2. The molecule has 10 nitrogen and oxygen atoms in total. The van der Waals surface area contributed by atoms with Gasteiger partial charge >= 0.3 is 11.7 Å². The Kier molecular flexibility index (Phi) is 6.26. The third-order valence-electron chi connectivity index (χ3n) is 3.44. The Morgan fingerprint density at radius 3 is 2.48 bits per heavy atom. The molecule has 0 aliphatic heterocycles. The zero-order valence-electron chi connectivity index (χ0n) is 14.3. The zero-order chi connectivity index (χ0) is 20.0. The number of esters is 1. The van der Waals surface area contributed by atoms with Crippen molar-refractivity contribution in [3.05, 3.63) is 62.2 Å². The van der Waals surface area contributed by atoms with Gasteiger partial charge in [-0.2, -0.15) is 0 Å². The number of phenolic OH excluding ortho intramolecular Hbond substituents is 1. The van der Waals surface area contributed by atoms with Crippen LogP contribution in [-0.4, -0.2) is 27.5 Å². The molecule has 0 aliphatic carbocycles. The molecule has 10 heteroatoms. The first-order chi connectivity index (χ1) is 12.8. The average Bonchev–Trinajstić information content (AvgIpc) is 2.61. The molecule has 0 heterocycles. The Labute approximate surface area is 153 Å². The van der Waals surface area contributed by atoms with Gasteiger partial charge in [0, 0.05) is 12.1 Å². The molecular formula is C17H16N2O8. The summed E-state index contributed by atoms with van der Waals surface area (Å²) < 4.78 is 10.4. The molecule has 0 radical (unpaired) electrons. The number of phenols is 1. The van der Waals surface area contributed by atoms with Gasteiger partial charge in [0.05, 0.1) is 28.1 Å². The Morgan fingerprint density at radius 2 is 1.85 bits per heavy atom. The van der Waals surface area contributed by atoms with Crippen molar-refractivity contribution in [2.75, 3.05) is 6.61 Å². The van der Waals surface area contributed by atoms with Gasteiger partial charge in [0.15, 0.2) is 0 Å². The van der Waals surface area contributed by atoms with Crippen molar-refractivity contribution in [1.29, 1.82) is 0 Å². The molecule has 1 N–H and O–H groups in total. The van der Waals surface area contributed by atoms with Gasteiger partial charge in [-0.1, -0.05) is 13.3 Å². The molecule has 0 saturated heterocycles. The predicted octanol–water partition coefficient (Wildman–Crippen LogP) is 3.96. The van der Waals surface area contributed by atoms with Crippen LogP contribution in [0.2, 0.25) is 0 Å². The summed E-state index contributed by atoms with van der Waals surface area (Å²) in [5.41, 5.74) is -1.09. The van der Waals surface area contributed by atoms with Crippen LogP contribution in [0.15, 0.2) is 36.4 Å². The van der Waals surface area contributed by atoms with Crippen LogP contribution in [0.25, 0.3) is 0 Å². The summed E-state index contributed by atoms with van der Waals surface area (Å²) in [6, 6.07) is 6.45. The van der Waals surface area contributed by atoms with E-state index >= 15 is 0 Å². The molecule has 2 rings (SSSR count). The number of carbonyl (C=O) groups excluding carboxylic acids is 1. The number of unbranched alkanes of at least 4 members (excludes halogenated alkanes) is 1. The number of carbonyl (C=O) groups is 1. The molecule has 27 heavy (non-hydrogen) atoms. The fourth-order valence-corrected chi connectivity index (χ4v) is 2.13. The molecular weight excluding hydrogens is 360 g/mol. The van der Waals surface area contributed by atoms with Crippen LogP contribution in [-0.2, 0) is 4.74 Å². The van der Waals surface area contributed by atoms with Crippen LogP contribution in [0.3, 0.4) is 0 Å². The summed E-state index contributed by atoms with van der Waals surface area (Å²) in [6.45, 7) is 2.15. The second-order valence-electron chi connectivity index (χ2n) is 5.47. The summed E-state index contributed by atoms with van der Waals surface area (Å²) >= 11 is 0. The van der Waals surface area contributed by atoms with Gasteiger partial charge in [-0.3, -0.25) is 20.2 Å². The topological polar surface area (TPSA) is 142 Å². The minimum atomic E-state index is -0.828. The zero-order valence-corrected chi connectivity index (χ0v) is 14.3. The largest absolute Gasteiger partial charge is 0.508 e. The maximum Gasteiger partial charge on any atom is 0.338 e. The van der Waals surface area contributed by atoms with Gasteiger partial charge in [-0.25, -0.2) is 4.79 Å². The van der Waals surface area contributed by atoms with Gasteiger partial charge in [-0.05, 0) is 24.6 Å². The van der Waals surface area contributed by atoms with Gasteiger partial charge < -0.3 is 14.6 Å². The maximum atomic E-state index is 12.0. The first-order valence-corrected chi connectivity index (χ1v) is 7.93. The van der Waals surface area contributed by atoms with Crippen LogP contribution in [0.1, 0.15) is 30.1 Å². The molecule has 0 aromatic heterocycles. The van der Waals surface area contributed by atoms with Crippen LogP contribution >= 0.6 is 0 Å². The van der Waals surface area contributed by atoms with Crippen LogP contribution < -0.4 is 4.74 Å². The normalized spacial score (nSPS) is 10.3. The highest BCUT2D eigenvalue weighted by molar-refractivity contribution is 5.90. The molecule has 0 spiro atoms. The fourth-order valence-electron chi connectivity index (χ4n) is 2.13. The van der Waals surface area contributed by atoms with Crippen molar-refractivity contribution in [1.82, 2.24) is 0 Å². The first-order valence-electron chi connectivity index (χ1n) is 7.93. The predicted molar refractivity (Wildman–Crippen MR) is 93.1 cm³/mol. The number of nitro groups is 2. The highest BCUT2D eigenvalue weighted by Crippen LogP contribution is 2.35. The minimum absolute atomic E-state index is 0.00525. The van der Waals surface area contributed by atoms with Crippen molar-refractivity contribution in [2.45, 2.75) is 19.8 Å². The summed E-state index contributed by atoms with van der Waals surface area (Å²) in [5.74, 6) is -1.32. The third-order valence-corrected chi connectivity index (χ3v) is 3.44. The lowest BCUT2D eigenvalue weighted by atomic mass is 10.2. The van der Waals surface area contributed by atoms with E-state index in [0.717, 1.165) is 30.7 Å². The Morgan fingerprint density at radius 1 is 1.11 bits per heavy atom. The van der Waals surface area contributed by atoms with Crippen molar-refractivity contribution in [3.63, 3.8) is 0 Å². The molecule has 2 aromatic carbocycles. The van der Waals surface area contributed by atoms with E-state index in [0.29, 0.717) is 6.42 Å². The van der Waals surface area contributed by atoms with Crippen molar-refractivity contribution >= 4 is 17.3 Å². The van der Waals surface area contributed by atoms with E-state index in [1.54, 1.807) is 0 Å². The molecule has 0 saturated carbocycles. The average molecular weight is 376 g/mol. The van der Waals surface area contributed by atoms with Crippen LogP contribution in [0.4, 0.5) is 11.4 Å². The molecule has 0 bridgehead atoms. The Hall–Kier alpha value is -3.69. The highest BCUT2D eigenvalue weighted by Gasteiger charge is 2.22. The number of rotatable bonds is 8. The Balaban J connectivity index is 2.31. The number of hydrogen-bond donors (Lipinski definition) is 1. The number of nitro benzene ring substituents is 2. The minimum Gasteiger partial charge on any atom is -0.508 e. The van der Waals surface area contributed by atoms with E-state index in [1.165, 1.54) is 12.1 Å². The molecule has 142 valence electrons. The van der Waals surface area contributed by atoms with Crippen molar-refractivity contribution in [2.24, 2.45) is 0 Å². The summed E-state index contributed by atoms with van der Waals surface area (Å²) in [6.07, 6.45) is 1.52. The van der Waals surface area contributed by atoms with E-state index < -0.39 is 27.2 Å². The summed E-state index contributed by atoms with van der Waals surface area (Å²) in [7, 11) is 0. The van der Waals surface area contributed by atoms with E-state index in [1.807, 2.05) is 6.92 Å². The molecule has 0 aliphatic rings. The van der Waals surface area contributed by atoms with E-state index in [4.69, 9.17) is 9.47 Å². The maximum absolute atomic E-state index is 12.0. The third kappa shape index (κ3) is 5.14. The highest BCUT2D eigenvalue weighted by atomic mass is 16.6. The lowest BCUT2D eigenvalue weighted by Gasteiger charge is -2.09. The number of hydrogen-bond acceptors (Lipinski definition) is 8. The van der Waals surface area contributed by atoms with E-state index in [9.17, 15) is 30.1 Å². The van der Waals surface area contributed by atoms with E-state index in [-0.39, 0.29) is 29.4 Å². The molecule has 0 fully saturated rings. The van der Waals surface area contributed by atoms with Crippen molar-refractivity contribution < 1.29 is 29.2 Å². The van der Waals surface area contributed by atoms with Crippen molar-refractivity contribution in [3.8, 4) is 17.2 Å². The Bertz CT molecular complexity index is 881. The molecule has 0 unspecified atom stereocenters. The smallest absolute Gasteiger partial charge is 0.338 e. The lowest BCUT2D eigenvalue weighted by Crippen LogP contribution is -2.06. The number of aromatic hydroxyl groups is 1. The molecule has 0 atom stereocenters. The SMILES string of the molecule is CCCCOC(=O)c1cc(O)cc(Oc2ccc([N+](=O)[O-])cc2[N+](=O)[O-])c1. The standard InChI is InChI=1S/C17H16N2O8/c1-2-3-6-26-17(21)11-7-13(20)10-14(8-11)27-16-5-4-12(18(22)23)9-15(16)19(24)25/h4-5,7-10,20H,2-3,6H2,1H3. The van der Waals surface area contributed by atoms with Gasteiger partial charge in [0.25, 0.3) is 5.69 Å². The van der Waals surface area contributed by atoms with Gasteiger partial charge in [0.1, 0.15) is 11.5 Å². The number of non-ortho nitro benzene ring substituents is 1. The monoisotopic (exact) mass is 376 g/mol. The quantitative estimate of drug-likeness (QED) is 0.316. The van der Waals surface area contributed by atoms with E-state index in [2.05, 4.69) is 0 Å². The van der Waals surface area contributed by atoms with Gasteiger partial charge in [-0.15, -0.1) is 0 Å². The molecule has 0 amide bonds. The summed E-state index contributed by atoms with van der Waals surface area (Å²) in [5, 5.41) is 31.7. The van der Waals surface area contributed by atoms with Crippen LogP contribution in [0, 0.1) is 20.2 Å². The fraction of sp³-hybridized carbons (Fsp3) is 0.235. The van der Waals surface area contributed by atoms with Crippen LogP contribution in [0.5, 0.6) is 17.2 Å². The first kappa shape index (κ1) is 19.6. The summed E-state index contributed by atoms with van der Waals surface area (Å²) in [4.78, 5) is 32.3. The molecule has 2 aromatic rings. The lowest BCUT2D eigenvalue weighted by molar-refractivity contribution is -0.394.